The molecule has 1 amide bonds. The molecule has 1 saturated heterocycles. The van der Waals surface area contributed by atoms with E-state index in [9.17, 15) is 13.2 Å². The van der Waals surface area contributed by atoms with Gasteiger partial charge in [-0.15, -0.1) is 0 Å². The lowest BCUT2D eigenvalue weighted by molar-refractivity contribution is -0.126. The van der Waals surface area contributed by atoms with E-state index in [1.165, 1.54) is 17.1 Å². The predicted molar refractivity (Wildman–Crippen MR) is 113 cm³/mol. The number of nitrogens with zero attached hydrogens (tertiary/aromatic N) is 1. The monoisotopic (exact) mass is 422 g/mol. The van der Waals surface area contributed by atoms with Gasteiger partial charge >= 0.3 is 0 Å². The second-order valence-electron chi connectivity index (χ2n) is 9.26. The molecule has 1 aromatic carbocycles. The first-order valence-corrected chi connectivity index (χ1v) is 12.1. The van der Waals surface area contributed by atoms with Crippen LogP contribution in [0.3, 0.4) is 0 Å². The Kier molecular flexibility index (Phi) is 7.02. The molecule has 1 aliphatic carbocycles. The number of amides is 1. The third kappa shape index (κ3) is 6.03. The smallest absolute Gasteiger partial charge is 0.243 e. The largest absolute Gasteiger partial charge is 0.379 e. The molecule has 0 spiro atoms. The fraction of sp³-hybridized carbons (Fsp3) is 0.682. The number of piperidine rings is 1. The molecule has 0 unspecified atom stereocenters. The van der Waals surface area contributed by atoms with Crippen molar-refractivity contribution in [2.24, 2.45) is 11.8 Å². The zero-order chi connectivity index (χ0) is 21.1. The van der Waals surface area contributed by atoms with E-state index in [0.717, 1.165) is 18.1 Å². The minimum absolute atomic E-state index is 0.00611. The highest BCUT2D eigenvalue weighted by Crippen LogP contribution is 2.29. The Hall–Kier alpha value is -1.44. The van der Waals surface area contributed by atoms with E-state index in [1.807, 2.05) is 12.1 Å². The van der Waals surface area contributed by atoms with E-state index >= 15 is 0 Å². The van der Waals surface area contributed by atoms with Crippen LogP contribution in [0.25, 0.3) is 0 Å². The van der Waals surface area contributed by atoms with Gasteiger partial charge in [0.25, 0.3) is 0 Å². The molecule has 1 heterocycles. The molecule has 0 aromatic heterocycles. The number of nitrogens with one attached hydrogen (secondary N) is 1. The minimum Gasteiger partial charge on any atom is -0.379 e. The summed E-state index contributed by atoms with van der Waals surface area (Å²) in [6.07, 6.45) is 3.62. The van der Waals surface area contributed by atoms with Crippen LogP contribution in [0.4, 0.5) is 0 Å². The maximum absolute atomic E-state index is 12.9. The number of benzene rings is 1. The van der Waals surface area contributed by atoms with Crippen LogP contribution in [-0.4, -0.2) is 51.5 Å². The van der Waals surface area contributed by atoms with Gasteiger partial charge in [-0.3, -0.25) is 4.79 Å². The van der Waals surface area contributed by atoms with E-state index < -0.39 is 10.0 Å². The van der Waals surface area contributed by atoms with Crippen LogP contribution in [0.5, 0.6) is 0 Å². The first-order chi connectivity index (χ1) is 13.7. The molecular formula is C22H34N2O4S. The van der Waals surface area contributed by atoms with Gasteiger partial charge in [0.2, 0.25) is 15.9 Å². The van der Waals surface area contributed by atoms with Gasteiger partial charge in [0, 0.05) is 32.2 Å². The van der Waals surface area contributed by atoms with Crippen molar-refractivity contribution in [1.29, 1.82) is 0 Å². The minimum atomic E-state index is -3.52. The van der Waals surface area contributed by atoms with E-state index in [1.54, 1.807) is 12.1 Å². The molecule has 1 N–H and O–H groups in total. The van der Waals surface area contributed by atoms with Gasteiger partial charge in [-0.2, -0.15) is 4.31 Å². The van der Waals surface area contributed by atoms with Crippen molar-refractivity contribution in [3.8, 4) is 0 Å². The van der Waals surface area contributed by atoms with Crippen molar-refractivity contribution < 1.29 is 17.9 Å². The van der Waals surface area contributed by atoms with Gasteiger partial charge in [-0.05, 0) is 54.7 Å². The second kappa shape index (κ2) is 9.14. The zero-order valence-corrected chi connectivity index (χ0v) is 18.6. The molecule has 7 heteroatoms. The Labute approximate surface area is 175 Å². The molecule has 0 radical (unpaired) electrons. The van der Waals surface area contributed by atoms with E-state index in [4.69, 9.17) is 4.74 Å². The number of carbonyl (C=O) groups excluding carboxylic acids is 1. The molecule has 0 bridgehead atoms. The maximum Gasteiger partial charge on any atom is 0.243 e. The number of hydrogen-bond acceptors (Lipinski definition) is 4. The summed E-state index contributed by atoms with van der Waals surface area (Å²) < 4.78 is 32.9. The topological polar surface area (TPSA) is 75.7 Å². The first kappa shape index (κ1) is 22.2. The molecular weight excluding hydrogens is 388 g/mol. The highest BCUT2D eigenvalue weighted by molar-refractivity contribution is 7.89. The molecule has 162 valence electrons. The van der Waals surface area contributed by atoms with Crippen LogP contribution in [0.2, 0.25) is 0 Å². The molecule has 2 fully saturated rings. The first-order valence-electron chi connectivity index (χ1n) is 10.6. The van der Waals surface area contributed by atoms with Crippen LogP contribution in [0.1, 0.15) is 52.0 Å². The molecule has 1 aromatic rings. The summed E-state index contributed by atoms with van der Waals surface area (Å²) in [7, 11) is -3.52. The summed E-state index contributed by atoms with van der Waals surface area (Å²) in [6.45, 7) is 8.91. The summed E-state index contributed by atoms with van der Waals surface area (Å²) in [4.78, 5) is 12.7. The van der Waals surface area contributed by atoms with Crippen molar-refractivity contribution in [2.45, 2.75) is 56.8 Å². The van der Waals surface area contributed by atoms with E-state index in [2.05, 4.69) is 26.1 Å². The number of hydrogen-bond donors (Lipinski definition) is 1. The van der Waals surface area contributed by atoms with Crippen LogP contribution in [-0.2, 0) is 25.0 Å². The van der Waals surface area contributed by atoms with Gasteiger partial charge in [0.1, 0.15) is 0 Å². The molecule has 0 atom stereocenters. The van der Waals surface area contributed by atoms with Crippen molar-refractivity contribution in [1.82, 2.24) is 9.62 Å². The molecule has 1 saturated carbocycles. The maximum atomic E-state index is 12.9. The van der Waals surface area contributed by atoms with E-state index in [0.29, 0.717) is 44.0 Å². The summed E-state index contributed by atoms with van der Waals surface area (Å²) >= 11 is 0. The Balaban J connectivity index is 1.46. The third-order valence-electron chi connectivity index (χ3n) is 5.78. The van der Waals surface area contributed by atoms with Crippen molar-refractivity contribution in [3.63, 3.8) is 0 Å². The van der Waals surface area contributed by atoms with Crippen LogP contribution in [0, 0.1) is 11.8 Å². The summed E-state index contributed by atoms with van der Waals surface area (Å²) in [5, 5.41) is 2.92. The lowest BCUT2D eigenvalue weighted by Crippen LogP contribution is -2.43. The zero-order valence-electron chi connectivity index (χ0n) is 17.8. The van der Waals surface area contributed by atoms with Gasteiger partial charge < -0.3 is 10.1 Å². The summed E-state index contributed by atoms with van der Waals surface area (Å²) in [6, 6.07) is 7.16. The Morgan fingerprint density at radius 2 is 1.72 bits per heavy atom. The lowest BCUT2D eigenvalue weighted by Gasteiger charge is -2.30. The predicted octanol–water partition coefficient (Wildman–Crippen LogP) is 2.93. The average Bonchev–Trinajstić information content (AvgIpc) is 3.51. The molecule has 6 nitrogen and oxygen atoms in total. The molecule has 1 aliphatic heterocycles. The number of ether oxygens (including phenoxy) is 1. The van der Waals surface area contributed by atoms with Crippen molar-refractivity contribution in [2.75, 3.05) is 32.8 Å². The van der Waals surface area contributed by atoms with Gasteiger partial charge in [0.05, 0.1) is 11.5 Å². The molecule has 3 rings (SSSR count). The van der Waals surface area contributed by atoms with Crippen molar-refractivity contribution in [3.05, 3.63) is 29.8 Å². The Bertz CT molecular complexity index is 787. The highest BCUT2D eigenvalue weighted by Gasteiger charge is 2.32. The standard InChI is InChI=1S/C22H34N2O4S/c1-22(2,3)19-6-8-20(9-7-19)29(26,27)24-13-10-18(11-14-24)21(25)23-12-15-28-16-17-4-5-17/h6-9,17-18H,4-5,10-16H2,1-3H3,(H,23,25). The fourth-order valence-corrected chi connectivity index (χ4v) is 5.03. The Morgan fingerprint density at radius 3 is 2.28 bits per heavy atom. The SMILES string of the molecule is CC(C)(C)c1ccc(S(=O)(=O)N2CCC(C(=O)NCCOCC3CC3)CC2)cc1. The quantitative estimate of drug-likeness (QED) is 0.654. The van der Waals surface area contributed by atoms with Gasteiger partial charge in [-0.1, -0.05) is 32.9 Å². The van der Waals surface area contributed by atoms with Crippen LogP contribution >= 0.6 is 0 Å². The molecule has 29 heavy (non-hydrogen) atoms. The van der Waals surface area contributed by atoms with Gasteiger partial charge in [-0.25, -0.2) is 8.42 Å². The fourth-order valence-electron chi connectivity index (χ4n) is 3.56. The number of rotatable bonds is 8. The second-order valence-corrected chi connectivity index (χ2v) is 11.2. The Morgan fingerprint density at radius 1 is 1.10 bits per heavy atom. The number of carbonyl (C=O) groups is 1. The van der Waals surface area contributed by atoms with Crippen LogP contribution < -0.4 is 5.32 Å². The van der Waals surface area contributed by atoms with Crippen molar-refractivity contribution >= 4 is 15.9 Å². The normalized spacial score (nSPS) is 19.3. The van der Waals surface area contributed by atoms with Gasteiger partial charge in [0.15, 0.2) is 0 Å². The molecule has 2 aliphatic rings. The number of sulfonamides is 1. The highest BCUT2D eigenvalue weighted by atomic mass is 32.2. The van der Waals surface area contributed by atoms with Crippen LogP contribution in [0.15, 0.2) is 29.2 Å². The third-order valence-corrected chi connectivity index (χ3v) is 7.69. The summed E-state index contributed by atoms with van der Waals surface area (Å²) in [5.41, 5.74) is 1.09. The summed E-state index contributed by atoms with van der Waals surface area (Å²) in [5.74, 6) is 0.599. The lowest BCUT2D eigenvalue weighted by atomic mass is 9.87. The van der Waals surface area contributed by atoms with E-state index in [-0.39, 0.29) is 17.2 Å². The average molecular weight is 423 g/mol.